The van der Waals surface area contributed by atoms with Crippen molar-refractivity contribution in [2.45, 2.75) is 31.2 Å². The van der Waals surface area contributed by atoms with Crippen LogP contribution in [0.5, 0.6) is 0 Å². The van der Waals surface area contributed by atoms with E-state index in [1.54, 1.807) is 16.7 Å². The number of hydrogen-bond acceptors (Lipinski definition) is 0. The van der Waals surface area contributed by atoms with Gasteiger partial charge in [-0.3, -0.25) is 0 Å². The quantitative estimate of drug-likeness (QED) is 0.703. The molecule has 78 valence electrons. The first-order chi connectivity index (χ1) is 7.11. The standard InChI is InChI=1S/C11H11.C2H7Si.Ti/c1-8-7-10-5-3-4-6-11(10)9(8)2;1-3-2;/h3-7H,1-2H3;3H,1-2H3;. The predicted molar refractivity (Wildman–Crippen MR) is 66.3 cm³/mol. The summed E-state index contributed by atoms with van der Waals surface area (Å²) in [5.74, 6) is 0. The topological polar surface area (TPSA) is 0 Å². The number of fused-ring (bicyclic) bond motifs is 1. The second-order valence-corrected chi connectivity index (χ2v) is 15.2. The molecule has 0 nitrogen and oxygen atoms in total. The van der Waals surface area contributed by atoms with Crippen molar-refractivity contribution < 1.29 is 18.4 Å². The van der Waals surface area contributed by atoms with Gasteiger partial charge >= 0.3 is 103 Å². The molecular weight excluding hydrogens is 232 g/mol. The Morgan fingerprint density at radius 2 is 1.80 bits per heavy atom. The van der Waals surface area contributed by atoms with Gasteiger partial charge < -0.3 is 0 Å². The van der Waals surface area contributed by atoms with Crippen LogP contribution < -0.4 is 0 Å². The minimum atomic E-state index is -0.357. The molecule has 0 bridgehead atoms. The first-order valence-corrected chi connectivity index (χ1v) is 12.1. The SMILES string of the molecule is CC1=C(C)[CH]([Ti][SiH](C)C)c2ccccc21. The predicted octanol–water partition coefficient (Wildman–Crippen LogP) is 3.60. The summed E-state index contributed by atoms with van der Waals surface area (Å²) in [4.78, 5) is 0. The molecular formula is C13H18SiTi. The molecule has 0 fully saturated rings. The molecule has 1 aromatic rings. The molecule has 0 amide bonds. The van der Waals surface area contributed by atoms with Crippen LogP contribution >= 0.6 is 0 Å². The molecule has 1 aromatic carbocycles. The first kappa shape index (κ1) is 11.4. The van der Waals surface area contributed by atoms with Crippen LogP contribution in [0.4, 0.5) is 0 Å². The Labute approximate surface area is 103 Å². The first-order valence-electron chi connectivity index (χ1n) is 5.64. The monoisotopic (exact) mass is 250 g/mol. The molecule has 2 heteroatoms. The van der Waals surface area contributed by atoms with Crippen LogP contribution in [-0.4, -0.2) is 6.66 Å². The van der Waals surface area contributed by atoms with Gasteiger partial charge in [0, 0.05) is 0 Å². The molecule has 0 aromatic heterocycles. The van der Waals surface area contributed by atoms with Crippen LogP contribution in [0.2, 0.25) is 13.1 Å². The van der Waals surface area contributed by atoms with Crippen LogP contribution in [-0.2, 0) is 18.4 Å². The zero-order chi connectivity index (χ0) is 11.0. The van der Waals surface area contributed by atoms with Gasteiger partial charge in [-0.05, 0) is 0 Å². The molecule has 1 atom stereocenters. The zero-order valence-electron chi connectivity index (χ0n) is 9.96. The van der Waals surface area contributed by atoms with Gasteiger partial charge in [-0.2, -0.15) is 0 Å². The van der Waals surface area contributed by atoms with Gasteiger partial charge in [0.25, 0.3) is 0 Å². The van der Waals surface area contributed by atoms with E-state index < -0.39 is 0 Å². The molecule has 0 spiro atoms. The van der Waals surface area contributed by atoms with Crippen LogP contribution in [0.25, 0.3) is 5.57 Å². The number of allylic oxidation sites excluding steroid dienone is 2. The van der Waals surface area contributed by atoms with E-state index >= 15 is 0 Å². The minimum absolute atomic E-state index is 0.246. The van der Waals surface area contributed by atoms with Crippen molar-refractivity contribution in [3.05, 3.63) is 41.0 Å². The maximum atomic E-state index is 2.50. The molecule has 0 aliphatic heterocycles. The van der Waals surface area contributed by atoms with Crippen molar-refractivity contribution in [3.8, 4) is 0 Å². The van der Waals surface area contributed by atoms with E-state index in [1.165, 1.54) is 5.56 Å². The third kappa shape index (κ3) is 2.06. The van der Waals surface area contributed by atoms with Gasteiger partial charge in [0.2, 0.25) is 0 Å². The summed E-state index contributed by atoms with van der Waals surface area (Å²) < 4.78 is 0.855. The Balaban J connectivity index is 2.42. The van der Waals surface area contributed by atoms with Gasteiger partial charge in [-0.1, -0.05) is 0 Å². The molecule has 2 rings (SSSR count). The fraction of sp³-hybridized carbons (Fsp3) is 0.385. The van der Waals surface area contributed by atoms with Crippen LogP contribution in [0, 0.1) is 0 Å². The maximum absolute atomic E-state index is 2.50. The number of benzene rings is 1. The Hall–Kier alpha value is -0.109. The van der Waals surface area contributed by atoms with E-state index in [1.807, 2.05) is 0 Å². The Bertz CT molecular complexity index is 407. The molecule has 0 radical (unpaired) electrons. The summed E-state index contributed by atoms with van der Waals surface area (Å²) in [5.41, 5.74) is 6.37. The fourth-order valence-corrected chi connectivity index (χ4v) is 9.26. The zero-order valence-corrected chi connectivity index (χ0v) is 12.7. The number of rotatable bonds is 2. The molecule has 0 saturated heterocycles. The van der Waals surface area contributed by atoms with Gasteiger partial charge in [0.05, 0.1) is 0 Å². The van der Waals surface area contributed by atoms with Gasteiger partial charge in [0.15, 0.2) is 0 Å². The van der Waals surface area contributed by atoms with E-state index in [-0.39, 0.29) is 25.1 Å². The fourth-order valence-electron chi connectivity index (χ4n) is 2.30. The normalized spacial score (nSPS) is 19.7. The average molecular weight is 250 g/mol. The second-order valence-electron chi connectivity index (χ2n) is 4.65. The molecule has 1 unspecified atom stereocenters. The summed E-state index contributed by atoms with van der Waals surface area (Å²) in [5, 5.41) is 0. The Morgan fingerprint density at radius 1 is 1.13 bits per heavy atom. The third-order valence-electron chi connectivity index (χ3n) is 3.20. The van der Waals surface area contributed by atoms with E-state index in [9.17, 15) is 0 Å². The summed E-state index contributed by atoms with van der Waals surface area (Å²) in [6.45, 7) is 9.29. The Kier molecular flexibility index (Phi) is 3.34. The van der Waals surface area contributed by atoms with E-state index in [4.69, 9.17) is 0 Å². The summed E-state index contributed by atoms with van der Waals surface area (Å²) in [7, 11) is 0. The Morgan fingerprint density at radius 3 is 2.47 bits per heavy atom. The van der Waals surface area contributed by atoms with Crippen molar-refractivity contribution in [2.75, 3.05) is 0 Å². The average Bonchev–Trinajstić information content (AvgIpc) is 2.44. The summed E-state index contributed by atoms with van der Waals surface area (Å²) >= 11 is 0.246. The van der Waals surface area contributed by atoms with Crippen molar-refractivity contribution in [1.82, 2.24) is 0 Å². The molecule has 1 aliphatic rings. The van der Waals surface area contributed by atoms with Gasteiger partial charge in [0.1, 0.15) is 0 Å². The summed E-state index contributed by atoms with van der Waals surface area (Å²) in [6.07, 6.45) is 0. The van der Waals surface area contributed by atoms with Crippen LogP contribution in [0.3, 0.4) is 0 Å². The molecule has 1 aliphatic carbocycles. The summed E-state index contributed by atoms with van der Waals surface area (Å²) in [6, 6.07) is 9.01. The third-order valence-corrected chi connectivity index (χ3v) is 10.0. The van der Waals surface area contributed by atoms with Crippen molar-refractivity contribution in [2.24, 2.45) is 0 Å². The van der Waals surface area contributed by atoms with Crippen LogP contribution in [0.15, 0.2) is 29.8 Å². The van der Waals surface area contributed by atoms with Gasteiger partial charge in [-0.25, -0.2) is 0 Å². The molecule has 0 heterocycles. The molecule has 15 heavy (non-hydrogen) atoms. The van der Waals surface area contributed by atoms with Crippen molar-refractivity contribution >= 4 is 12.2 Å². The van der Waals surface area contributed by atoms with Crippen LogP contribution in [0.1, 0.15) is 29.2 Å². The van der Waals surface area contributed by atoms with E-state index in [0.29, 0.717) is 0 Å². The second kappa shape index (κ2) is 4.41. The van der Waals surface area contributed by atoms with Crippen molar-refractivity contribution in [3.63, 3.8) is 0 Å². The number of hydrogen-bond donors (Lipinski definition) is 0. The molecule has 0 saturated carbocycles. The van der Waals surface area contributed by atoms with Crippen molar-refractivity contribution in [1.29, 1.82) is 0 Å². The molecule has 0 N–H and O–H groups in total. The van der Waals surface area contributed by atoms with Gasteiger partial charge in [-0.15, -0.1) is 0 Å². The van der Waals surface area contributed by atoms with E-state index in [2.05, 4.69) is 51.2 Å². The van der Waals surface area contributed by atoms with E-state index in [0.717, 1.165) is 4.22 Å².